The fourth-order valence-corrected chi connectivity index (χ4v) is 3.84. The number of carbonyl (C=O) groups is 1. The molecule has 0 unspecified atom stereocenters. The van der Waals surface area contributed by atoms with Gasteiger partial charge in [0.05, 0.1) is 11.0 Å². The summed E-state index contributed by atoms with van der Waals surface area (Å²) in [5, 5.41) is 3.42. The summed E-state index contributed by atoms with van der Waals surface area (Å²) < 4.78 is 2.02. The molecule has 0 spiro atoms. The predicted molar refractivity (Wildman–Crippen MR) is 109 cm³/mol. The zero-order chi connectivity index (χ0) is 18.6. The first-order valence-electron chi connectivity index (χ1n) is 9.75. The molecule has 4 rings (SSSR count). The van der Waals surface area contributed by atoms with Crippen molar-refractivity contribution in [3.05, 3.63) is 60.2 Å². The van der Waals surface area contributed by atoms with Gasteiger partial charge in [0.2, 0.25) is 11.9 Å². The van der Waals surface area contributed by atoms with E-state index in [2.05, 4.69) is 24.4 Å². The maximum absolute atomic E-state index is 13.0. The third-order valence-electron chi connectivity index (χ3n) is 5.36. The Kier molecular flexibility index (Phi) is 5.10. The monoisotopic (exact) mass is 362 g/mol. The zero-order valence-corrected chi connectivity index (χ0v) is 15.8. The molecule has 0 aliphatic carbocycles. The van der Waals surface area contributed by atoms with Gasteiger partial charge in [0.25, 0.3) is 0 Å². The van der Waals surface area contributed by atoms with E-state index in [0.717, 1.165) is 36.4 Å². The number of nitrogens with one attached hydrogen (secondary N) is 1. The SMILES string of the molecule is C[C@H]1CCCCN1C(=O)Cn1c(NCc2ccccc2)nc2ccccc21. The summed E-state index contributed by atoms with van der Waals surface area (Å²) in [6, 6.07) is 18.6. The number of carbonyl (C=O) groups excluding carboxylic acids is 1. The van der Waals surface area contributed by atoms with Crippen LogP contribution in [0, 0.1) is 0 Å². The summed E-state index contributed by atoms with van der Waals surface area (Å²) in [4.78, 5) is 19.7. The van der Waals surface area contributed by atoms with E-state index in [9.17, 15) is 4.79 Å². The number of hydrogen-bond acceptors (Lipinski definition) is 3. The molecule has 3 aromatic rings. The zero-order valence-electron chi connectivity index (χ0n) is 15.8. The smallest absolute Gasteiger partial charge is 0.242 e. The van der Waals surface area contributed by atoms with Crippen molar-refractivity contribution in [1.82, 2.24) is 14.5 Å². The van der Waals surface area contributed by atoms with Crippen molar-refractivity contribution in [2.24, 2.45) is 0 Å². The number of piperidine rings is 1. The Bertz CT molecular complexity index is 918. The number of amides is 1. The molecule has 1 atom stereocenters. The van der Waals surface area contributed by atoms with E-state index in [-0.39, 0.29) is 5.91 Å². The van der Waals surface area contributed by atoms with Crippen molar-refractivity contribution in [2.45, 2.75) is 45.3 Å². The maximum Gasteiger partial charge on any atom is 0.242 e. The summed E-state index contributed by atoms with van der Waals surface area (Å²) in [5.41, 5.74) is 3.09. The number of benzene rings is 2. The summed E-state index contributed by atoms with van der Waals surface area (Å²) in [5.74, 6) is 0.922. The van der Waals surface area contributed by atoms with E-state index in [1.807, 2.05) is 51.9 Å². The molecule has 0 radical (unpaired) electrons. The molecule has 1 saturated heterocycles. The van der Waals surface area contributed by atoms with Gasteiger partial charge in [-0.2, -0.15) is 0 Å². The third-order valence-corrected chi connectivity index (χ3v) is 5.36. The van der Waals surface area contributed by atoms with Gasteiger partial charge < -0.3 is 14.8 Å². The molecule has 140 valence electrons. The highest BCUT2D eigenvalue weighted by Gasteiger charge is 2.24. The van der Waals surface area contributed by atoms with Crippen molar-refractivity contribution in [3.63, 3.8) is 0 Å². The van der Waals surface area contributed by atoms with Crippen LogP contribution in [0.15, 0.2) is 54.6 Å². The van der Waals surface area contributed by atoms with E-state index < -0.39 is 0 Å². The van der Waals surface area contributed by atoms with Crippen LogP contribution in [0.3, 0.4) is 0 Å². The Morgan fingerprint density at radius 2 is 1.89 bits per heavy atom. The number of likely N-dealkylation sites (tertiary alicyclic amines) is 1. The standard InChI is InChI=1S/C22H26N4O/c1-17-9-7-8-14-25(17)21(27)16-26-20-13-6-5-12-19(20)24-22(26)23-15-18-10-3-2-4-11-18/h2-6,10-13,17H,7-9,14-16H2,1H3,(H,23,24)/t17-/m0/s1. The van der Waals surface area contributed by atoms with Gasteiger partial charge in [-0.25, -0.2) is 4.98 Å². The van der Waals surface area contributed by atoms with Crippen molar-refractivity contribution in [3.8, 4) is 0 Å². The van der Waals surface area contributed by atoms with E-state index in [1.165, 1.54) is 12.0 Å². The lowest BCUT2D eigenvalue weighted by Gasteiger charge is -2.33. The molecule has 27 heavy (non-hydrogen) atoms. The minimum atomic E-state index is 0.174. The number of para-hydroxylation sites is 2. The largest absolute Gasteiger partial charge is 0.352 e. The van der Waals surface area contributed by atoms with Crippen molar-refractivity contribution in [1.29, 1.82) is 0 Å². The van der Waals surface area contributed by atoms with Crippen LogP contribution in [0.25, 0.3) is 11.0 Å². The minimum absolute atomic E-state index is 0.174. The predicted octanol–water partition coefficient (Wildman–Crippen LogP) is 4.05. The molecule has 5 heteroatoms. The van der Waals surface area contributed by atoms with Gasteiger partial charge in [-0.05, 0) is 43.9 Å². The van der Waals surface area contributed by atoms with Gasteiger partial charge >= 0.3 is 0 Å². The lowest BCUT2D eigenvalue weighted by molar-refractivity contribution is -0.134. The van der Waals surface area contributed by atoms with Crippen LogP contribution in [0.4, 0.5) is 5.95 Å². The second kappa shape index (κ2) is 7.82. The molecule has 5 nitrogen and oxygen atoms in total. The molecule has 2 heterocycles. The molecule has 1 aromatic heterocycles. The van der Waals surface area contributed by atoms with Gasteiger partial charge in [-0.15, -0.1) is 0 Å². The number of anilines is 1. The Balaban J connectivity index is 1.59. The second-order valence-electron chi connectivity index (χ2n) is 7.28. The number of nitrogens with zero attached hydrogens (tertiary/aromatic N) is 3. The summed E-state index contributed by atoms with van der Waals surface area (Å²) in [6.45, 7) is 4.01. The van der Waals surface area contributed by atoms with Crippen molar-refractivity contribution >= 4 is 22.9 Å². The molecular weight excluding hydrogens is 336 g/mol. The van der Waals surface area contributed by atoms with Gasteiger partial charge in [0.15, 0.2) is 0 Å². The van der Waals surface area contributed by atoms with Gasteiger partial charge in [0, 0.05) is 19.1 Å². The summed E-state index contributed by atoms with van der Waals surface area (Å²) in [7, 11) is 0. The molecular formula is C22H26N4O. The molecule has 1 aliphatic rings. The van der Waals surface area contributed by atoms with Crippen LogP contribution in [0.1, 0.15) is 31.7 Å². The number of fused-ring (bicyclic) bond motifs is 1. The van der Waals surface area contributed by atoms with Crippen LogP contribution in [-0.2, 0) is 17.9 Å². The van der Waals surface area contributed by atoms with E-state index in [1.54, 1.807) is 0 Å². The Morgan fingerprint density at radius 1 is 1.11 bits per heavy atom. The van der Waals surface area contributed by atoms with Crippen LogP contribution in [0.2, 0.25) is 0 Å². The number of aromatic nitrogens is 2. The van der Waals surface area contributed by atoms with Crippen LogP contribution < -0.4 is 5.32 Å². The van der Waals surface area contributed by atoms with Crippen molar-refractivity contribution < 1.29 is 4.79 Å². The van der Waals surface area contributed by atoms with Crippen LogP contribution >= 0.6 is 0 Å². The molecule has 0 bridgehead atoms. The summed E-state index contributed by atoms with van der Waals surface area (Å²) in [6.07, 6.45) is 3.40. The second-order valence-corrected chi connectivity index (χ2v) is 7.28. The lowest BCUT2D eigenvalue weighted by atomic mass is 10.0. The van der Waals surface area contributed by atoms with Gasteiger partial charge in [-0.3, -0.25) is 4.79 Å². The molecule has 0 saturated carbocycles. The van der Waals surface area contributed by atoms with Crippen LogP contribution in [-0.4, -0.2) is 32.9 Å². The lowest BCUT2D eigenvalue weighted by Crippen LogP contribution is -2.43. The molecule has 2 aromatic carbocycles. The fraction of sp³-hybridized carbons (Fsp3) is 0.364. The number of imidazole rings is 1. The first kappa shape index (κ1) is 17.6. The highest BCUT2D eigenvalue weighted by molar-refractivity contribution is 5.83. The molecule has 1 N–H and O–H groups in total. The highest BCUT2D eigenvalue weighted by Crippen LogP contribution is 2.22. The Labute approximate surface area is 160 Å². The quantitative estimate of drug-likeness (QED) is 0.745. The maximum atomic E-state index is 13.0. The van der Waals surface area contributed by atoms with E-state index in [0.29, 0.717) is 19.1 Å². The first-order valence-corrected chi connectivity index (χ1v) is 9.75. The first-order chi connectivity index (χ1) is 13.2. The average molecular weight is 362 g/mol. The molecule has 1 aliphatic heterocycles. The Morgan fingerprint density at radius 3 is 2.70 bits per heavy atom. The summed E-state index contributed by atoms with van der Waals surface area (Å²) >= 11 is 0. The minimum Gasteiger partial charge on any atom is -0.352 e. The topological polar surface area (TPSA) is 50.2 Å². The van der Waals surface area contributed by atoms with Gasteiger partial charge in [-0.1, -0.05) is 42.5 Å². The van der Waals surface area contributed by atoms with Crippen LogP contribution in [0.5, 0.6) is 0 Å². The fourth-order valence-electron chi connectivity index (χ4n) is 3.84. The third kappa shape index (κ3) is 3.82. The Hall–Kier alpha value is -2.82. The molecule has 1 fully saturated rings. The normalized spacial score (nSPS) is 17.2. The van der Waals surface area contributed by atoms with E-state index in [4.69, 9.17) is 4.98 Å². The van der Waals surface area contributed by atoms with E-state index >= 15 is 0 Å². The van der Waals surface area contributed by atoms with Crippen molar-refractivity contribution in [2.75, 3.05) is 11.9 Å². The van der Waals surface area contributed by atoms with Gasteiger partial charge in [0.1, 0.15) is 6.54 Å². The number of hydrogen-bond donors (Lipinski definition) is 1. The average Bonchev–Trinajstić information content (AvgIpc) is 3.05. The molecule has 1 amide bonds. The highest BCUT2D eigenvalue weighted by atomic mass is 16.2. The number of rotatable bonds is 5.